The molecular weight excluding hydrogens is 458 g/mol. The van der Waals surface area contributed by atoms with Crippen LogP contribution in [0.25, 0.3) is 6.08 Å². The van der Waals surface area contributed by atoms with Gasteiger partial charge in [-0.15, -0.1) is 0 Å². The summed E-state index contributed by atoms with van der Waals surface area (Å²) in [6.07, 6.45) is 7.38. The van der Waals surface area contributed by atoms with Gasteiger partial charge < -0.3 is 28.6 Å². The molecule has 7 nitrogen and oxygen atoms in total. The first-order chi connectivity index (χ1) is 17.2. The molecule has 36 heavy (non-hydrogen) atoms. The Balaban J connectivity index is 1.36. The van der Waals surface area contributed by atoms with Crippen LogP contribution in [0, 0.1) is 5.92 Å². The Hall–Kier alpha value is -2.19. The summed E-state index contributed by atoms with van der Waals surface area (Å²) in [6.45, 7) is 8.54. The van der Waals surface area contributed by atoms with Crippen LogP contribution in [0.3, 0.4) is 0 Å². The van der Waals surface area contributed by atoms with Crippen molar-refractivity contribution >= 4 is 12.0 Å². The Labute approximate surface area is 215 Å². The number of ether oxygens (including phenoxy) is 5. The number of likely N-dealkylation sites (N-methyl/N-ethyl adjacent to an activating group) is 1. The van der Waals surface area contributed by atoms with E-state index in [0.29, 0.717) is 19.6 Å². The van der Waals surface area contributed by atoms with E-state index in [-0.39, 0.29) is 41.4 Å². The third-order valence-corrected chi connectivity index (χ3v) is 7.60. The minimum Gasteiger partial charge on any atom is -0.492 e. The number of methoxy groups -OCH3 is 1. The summed E-state index contributed by atoms with van der Waals surface area (Å²) < 4.78 is 29.8. The molecule has 2 aliphatic heterocycles. The molecule has 0 amide bonds. The molecule has 2 saturated heterocycles. The smallest absolute Gasteiger partial charge is 0.331 e. The van der Waals surface area contributed by atoms with Gasteiger partial charge in [-0.05, 0) is 77.9 Å². The third-order valence-electron chi connectivity index (χ3n) is 7.60. The fraction of sp³-hybridized carbons (Fsp3) is 0.621. The Morgan fingerprint density at radius 2 is 1.94 bits per heavy atom. The molecule has 198 valence electrons. The number of rotatable bonds is 11. The summed E-state index contributed by atoms with van der Waals surface area (Å²) in [5.74, 6) is 0.450. The molecule has 6 unspecified atom stereocenters. The van der Waals surface area contributed by atoms with E-state index < -0.39 is 0 Å². The highest BCUT2D eigenvalue weighted by molar-refractivity contribution is 5.87. The van der Waals surface area contributed by atoms with E-state index in [0.717, 1.165) is 30.7 Å². The number of carbonyl (C=O) groups excluding carboxylic acids is 1. The number of epoxide rings is 2. The van der Waals surface area contributed by atoms with E-state index in [1.807, 2.05) is 38.4 Å². The molecule has 7 heteroatoms. The van der Waals surface area contributed by atoms with Crippen LogP contribution in [0.1, 0.15) is 45.6 Å². The van der Waals surface area contributed by atoms with Crippen LogP contribution >= 0.6 is 0 Å². The number of esters is 1. The second kappa shape index (κ2) is 11.1. The fourth-order valence-corrected chi connectivity index (χ4v) is 5.44. The third kappa shape index (κ3) is 6.20. The van der Waals surface area contributed by atoms with Crippen molar-refractivity contribution in [3.8, 4) is 5.75 Å². The summed E-state index contributed by atoms with van der Waals surface area (Å²) in [4.78, 5) is 14.8. The molecule has 4 rings (SSSR count). The Morgan fingerprint density at radius 1 is 1.22 bits per heavy atom. The van der Waals surface area contributed by atoms with E-state index in [1.54, 1.807) is 13.2 Å². The first kappa shape index (κ1) is 26.9. The number of carbonyl (C=O) groups is 1. The fourth-order valence-electron chi connectivity index (χ4n) is 5.44. The lowest BCUT2D eigenvalue weighted by atomic mass is 9.68. The van der Waals surface area contributed by atoms with Crippen LogP contribution in [0.2, 0.25) is 0 Å². The Morgan fingerprint density at radius 3 is 2.56 bits per heavy atom. The lowest BCUT2D eigenvalue weighted by Crippen LogP contribution is -2.55. The van der Waals surface area contributed by atoms with E-state index in [9.17, 15) is 4.79 Å². The van der Waals surface area contributed by atoms with Gasteiger partial charge in [0.15, 0.2) is 0 Å². The summed E-state index contributed by atoms with van der Waals surface area (Å²) in [6, 6.07) is 7.67. The molecule has 2 heterocycles. The second-order valence-corrected chi connectivity index (χ2v) is 10.9. The van der Waals surface area contributed by atoms with Gasteiger partial charge in [-0.25, -0.2) is 4.79 Å². The van der Waals surface area contributed by atoms with Crippen molar-refractivity contribution < 1.29 is 28.5 Å². The van der Waals surface area contributed by atoms with Gasteiger partial charge in [0, 0.05) is 19.7 Å². The zero-order chi connectivity index (χ0) is 25.9. The normalized spacial score (nSPS) is 33.1. The summed E-state index contributed by atoms with van der Waals surface area (Å²) in [5, 5.41) is 0. The van der Waals surface area contributed by atoms with Crippen LogP contribution < -0.4 is 4.74 Å². The van der Waals surface area contributed by atoms with Crippen molar-refractivity contribution in [2.75, 3.05) is 41.0 Å². The van der Waals surface area contributed by atoms with E-state index in [1.165, 1.54) is 11.6 Å². The topological polar surface area (TPSA) is 73.1 Å². The molecular formula is C29H41NO6. The number of allylic oxidation sites excluding steroid dienone is 1. The molecule has 1 spiro atoms. The zero-order valence-electron chi connectivity index (χ0n) is 22.5. The first-order valence-electron chi connectivity index (χ1n) is 12.9. The molecule has 1 aliphatic carbocycles. The predicted molar refractivity (Wildman–Crippen MR) is 139 cm³/mol. The number of nitrogens with zero attached hydrogens (tertiary/aromatic N) is 1. The summed E-state index contributed by atoms with van der Waals surface area (Å²) in [7, 11) is 5.72. The van der Waals surface area contributed by atoms with Gasteiger partial charge in [0.05, 0.1) is 18.6 Å². The highest BCUT2D eigenvalue weighted by Gasteiger charge is 2.72. The van der Waals surface area contributed by atoms with Crippen LogP contribution in [-0.4, -0.2) is 81.3 Å². The van der Waals surface area contributed by atoms with Crippen molar-refractivity contribution in [3.63, 3.8) is 0 Å². The van der Waals surface area contributed by atoms with Crippen molar-refractivity contribution in [2.24, 2.45) is 5.92 Å². The molecule has 1 aromatic carbocycles. The van der Waals surface area contributed by atoms with Crippen LogP contribution in [0.5, 0.6) is 5.75 Å². The van der Waals surface area contributed by atoms with Crippen LogP contribution in [0.15, 0.2) is 42.0 Å². The quantitative estimate of drug-likeness (QED) is 0.195. The lowest BCUT2D eigenvalue weighted by Gasteiger charge is -2.42. The molecule has 1 aromatic rings. The minimum absolute atomic E-state index is 0.0149. The predicted octanol–water partition coefficient (Wildman–Crippen LogP) is 4.26. The highest BCUT2D eigenvalue weighted by Crippen LogP contribution is 2.59. The minimum atomic E-state index is -0.372. The number of hydrogen-bond donors (Lipinski definition) is 0. The molecule has 0 aromatic heterocycles. The SMILES string of the molecule is COC1C(OC(=O)/C=C\c2ccc(OCCN(C)C)cc2)CCC2(CO2)C1C1(C)OC1CC=C(C)C. The first-order valence-corrected chi connectivity index (χ1v) is 12.9. The maximum absolute atomic E-state index is 12.7. The molecule has 0 bridgehead atoms. The largest absolute Gasteiger partial charge is 0.492 e. The molecule has 6 atom stereocenters. The van der Waals surface area contributed by atoms with Gasteiger partial charge in [-0.1, -0.05) is 23.8 Å². The molecule has 3 fully saturated rings. The Kier molecular flexibility index (Phi) is 8.25. The highest BCUT2D eigenvalue weighted by atomic mass is 16.6. The standard InChI is InChI=1S/C29H41NO6/c1-20(2)7-13-24-28(3,36-24)27-26(32-6)23(15-16-29(27)19-34-29)35-25(31)14-10-21-8-11-22(12-9-21)33-18-17-30(4)5/h7-12,14,23-24,26-27H,13,15-19H2,1-6H3/b14-10-. The monoisotopic (exact) mass is 499 g/mol. The average molecular weight is 500 g/mol. The van der Waals surface area contributed by atoms with Crippen molar-refractivity contribution in [1.29, 1.82) is 0 Å². The van der Waals surface area contributed by atoms with Crippen molar-refractivity contribution in [2.45, 2.75) is 69.5 Å². The maximum atomic E-state index is 12.7. The van der Waals surface area contributed by atoms with Gasteiger partial charge in [-0.2, -0.15) is 0 Å². The molecule has 0 radical (unpaired) electrons. The van der Waals surface area contributed by atoms with Gasteiger partial charge in [0.25, 0.3) is 0 Å². The molecule has 3 aliphatic rings. The summed E-state index contributed by atoms with van der Waals surface area (Å²) in [5.41, 5.74) is 1.61. The second-order valence-electron chi connectivity index (χ2n) is 10.9. The average Bonchev–Trinajstić information content (AvgIpc) is 3.75. The van der Waals surface area contributed by atoms with E-state index >= 15 is 0 Å². The van der Waals surface area contributed by atoms with Crippen molar-refractivity contribution in [1.82, 2.24) is 4.90 Å². The van der Waals surface area contributed by atoms with Gasteiger partial charge >= 0.3 is 5.97 Å². The van der Waals surface area contributed by atoms with Gasteiger partial charge in [0.2, 0.25) is 0 Å². The molecule has 1 saturated carbocycles. The summed E-state index contributed by atoms with van der Waals surface area (Å²) >= 11 is 0. The van der Waals surface area contributed by atoms with E-state index in [4.69, 9.17) is 23.7 Å². The van der Waals surface area contributed by atoms with Crippen LogP contribution in [-0.2, 0) is 23.7 Å². The Bertz CT molecular complexity index is 962. The molecule has 0 N–H and O–H groups in total. The number of benzene rings is 1. The zero-order valence-corrected chi connectivity index (χ0v) is 22.5. The van der Waals surface area contributed by atoms with Crippen molar-refractivity contribution in [3.05, 3.63) is 47.6 Å². The van der Waals surface area contributed by atoms with E-state index in [2.05, 4.69) is 31.7 Å². The number of hydrogen-bond acceptors (Lipinski definition) is 7. The van der Waals surface area contributed by atoms with Gasteiger partial charge in [0.1, 0.15) is 35.8 Å². The lowest BCUT2D eigenvalue weighted by molar-refractivity contribution is -0.166. The van der Waals surface area contributed by atoms with Crippen LogP contribution in [0.4, 0.5) is 0 Å². The van der Waals surface area contributed by atoms with Gasteiger partial charge in [-0.3, -0.25) is 0 Å². The maximum Gasteiger partial charge on any atom is 0.331 e.